The lowest BCUT2D eigenvalue weighted by Crippen LogP contribution is -2.43. The molecule has 4 atom stereocenters. The second kappa shape index (κ2) is 6.60. The average Bonchev–Trinajstić information content (AvgIpc) is 3.33. The molecule has 5 rings (SSSR count). The maximum atomic E-state index is 13.9. The number of benzene rings is 1. The first-order valence-corrected chi connectivity index (χ1v) is 9.91. The van der Waals surface area contributed by atoms with Crippen molar-refractivity contribution >= 4 is 16.9 Å². The Labute approximate surface area is 158 Å². The Morgan fingerprint density at radius 1 is 1.19 bits per heavy atom. The van der Waals surface area contributed by atoms with Crippen LogP contribution in [0.5, 0.6) is 0 Å². The molecule has 27 heavy (non-hydrogen) atoms. The number of fused-ring (bicyclic) bond motifs is 3. The van der Waals surface area contributed by atoms with Crippen molar-refractivity contribution in [3.05, 3.63) is 35.8 Å². The van der Waals surface area contributed by atoms with Crippen molar-refractivity contribution in [2.45, 2.75) is 56.3 Å². The van der Waals surface area contributed by atoms with Gasteiger partial charge < -0.3 is 18.9 Å². The van der Waals surface area contributed by atoms with Crippen LogP contribution in [0, 0.1) is 5.82 Å². The SMILES string of the molecule is CN1[C@@H]2CC[C@H]1CC(OC(=O)c1cn([C@@H]3CCOC3)c3ccc(F)cc13)C2. The molecule has 4 heterocycles. The highest BCUT2D eigenvalue weighted by Gasteiger charge is 2.40. The summed E-state index contributed by atoms with van der Waals surface area (Å²) in [6, 6.07) is 5.83. The molecular weight excluding hydrogens is 347 g/mol. The third-order valence-corrected chi connectivity index (χ3v) is 6.64. The fourth-order valence-corrected chi connectivity index (χ4v) is 5.11. The molecule has 0 N–H and O–H groups in total. The minimum absolute atomic E-state index is 0.0482. The maximum absolute atomic E-state index is 13.9. The zero-order valence-electron chi connectivity index (χ0n) is 15.6. The van der Waals surface area contributed by atoms with Crippen molar-refractivity contribution in [3.63, 3.8) is 0 Å². The first-order valence-electron chi connectivity index (χ1n) is 9.91. The lowest BCUT2D eigenvalue weighted by atomic mass is 10.0. The molecule has 144 valence electrons. The summed E-state index contributed by atoms with van der Waals surface area (Å²) in [5, 5.41) is 0.628. The van der Waals surface area contributed by atoms with Crippen LogP contribution < -0.4 is 0 Å². The van der Waals surface area contributed by atoms with E-state index < -0.39 is 0 Å². The van der Waals surface area contributed by atoms with Crippen molar-refractivity contribution in [2.24, 2.45) is 0 Å². The van der Waals surface area contributed by atoms with E-state index in [0.29, 0.717) is 36.2 Å². The van der Waals surface area contributed by atoms with E-state index in [1.807, 2.05) is 6.20 Å². The number of carbonyl (C=O) groups excluding carboxylic acids is 1. The van der Waals surface area contributed by atoms with E-state index in [2.05, 4.69) is 16.5 Å². The van der Waals surface area contributed by atoms with Crippen molar-refractivity contribution in [2.75, 3.05) is 20.3 Å². The number of aromatic nitrogens is 1. The Hall–Kier alpha value is -1.92. The second-order valence-corrected chi connectivity index (χ2v) is 8.18. The molecule has 3 saturated heterocycles. The predicted molar refractivity (Wildman–Crippen MR) is 99.4 cm³/mol. The predicted octanol–water partition coefficient (Wildman–Crippen LogP) is 3.52. The molecule has 1 unspecified atom stereocenters. The van der Waals surface area contributed by atoms with Gasteiger partial charge in [-0.3, -0.25) is 0 Å². The molecule has 0 amide bonds. The number of nitrogens with zero attached hydrogens (tertiary/aromatic N) is 2. The molecule has 0 spiro atoms. The first-order chi connectivity index (χ1) is 13.1. The molecule has 2 aromatic rings. The number of hydrogen-bond acceptors (Lipinski definition) is 4. The summed E-state index contributed by atoms with van der Waals surface area (Å²) >= 11 is 0. The van der Waals surface area contributed by atoms with Crippen LogP contribution in [-0.4, -0.2) is 53.9 Å². The van der Waals surface area contributed by atoms with Crippen LogP contribution in [0.3, 0.4) is 0 Å². The van der Waals surface area contributed by atoms with Gasteiger partial charge in [0.2, 0.25) is 0 Å². The molecular formula is C21H25FN2O3. The van der Waals surface area contributed by atoms with Gasteiger partial charge in [-0.2, -0.15) is 0 Å². The Bertz CT molecular complexity index is 860. The molecule has 0 saturated carbocycles. The molecule has 0 radical (unpaired) electrons. The van der Waals surface area contributed by atoms with Crippen LogP contribution in [-0.2, 0) is 9.47 Å². The van der Waals surface area contributed by atoms with E-state index in [4.69, 9.17) is 9.47 Å². The zero-order valence-corrected chi connectivity index (χ0v) is 15.6. The summed E-state index contributed by atoms with van der Waals surface area (Å²) in [5.41, 5.74) is 1.32. The van der Waals surface area contributed by atoms with E-state index >= 15 is 0 Å². The number of carbonyl (C=O) groups is 1. The van der Waals surface area contributed by atoms with Gasteiger partial charge in [0.25, 0.3) is 0 Å². The summed E-state index contributed by atoms with van der Waals surface area (Å²) in [5.74, 6) is -0.675. The van der Waals surface area contributed by atoms with Gasteiger partial charge in [-0.15, -0.1) is 0 Å². The standard InChI is InChI=1S/C21H25FN2O3/c1-23-14-3-4-15(23)10-17(9-14)27-21(25)19-11-24(16-6-7-26-12-16)20-5-2-13(22)8-18(19)20/h2,5,8,11,14-17H,3-4,6-7,9-10,12H2,1H3/t14-,15+,16-,17?/m1/s1. The molecule has 6 heteroatoms. The summed E-state index contributed by atoms with van der Waals surface area (Å²) in [4.78, 5) is 15.4. The minimum atomic E-state index is -0.339. The molecule has 3 aliphatic rings. The van der Waals surface area contributed by atoms with Crippen LogP contribution in [0.4, 0.5) is 4.39 Å². The number of halogens is 1. The van der Waals surface area contributed by atoms with Crippen molar-refractivity contribution in [1.82, 2.24) is 9.47 Å². The van der Waals surface area contributed by atoms with E-state index in [9.17, 15) is 9.18 Å². The number of ether oxygens (including phenoxy) is 2. The number of hydrogen-bond donors (Lipinski definition) is 0. The Morgan fingerprint density at radius 3 is 2.67 bits per heavy atom. The summed E-state index contributed by atoms with van der Waals surface area (Å²) in [7, 11) is 2.17. The fraction of sp³-hybridized carbons (Fsp3) is 0.571. The van der Waals surface area contributed by atoms with Gasteiger partial charge >= 0.3 is 5.97 Å². The fourth-order valence-electron chi connectivity index (χ4n) is 5.11. The summed E-state index contributed by atoms with van der Waals surface area (Å²) < 4.78 is 27.3. The van der Waals surface area contributed by atoms with Gasteiger partial charge in [0.15, 0.2) is 0 Å². The third-order valence-electron chi connectivity index (χ3n) is 6.64. The lowest BCUT2D eigenvalue weighted by molar-refractivity contribution is -0.000291. The van der Waals surface area contributed by atoms with Crippen LogP contribution >= 0.6 is 0 Å². The Kier molecular flexibility index (Phi) is 4.20. The van der Waals surface area contributed by atoms with Crippen molar-refractivity contribution in [3.8, 4) is 0 Å². The highest BCUT2D eigenvalue weighted by Crippen LogP contribution is 2.36. The van der Waals surface area contributed by atoms with Crippen molar-refractivity contribution < 1.29 is 18.7 Å². The molecule has 3 fully saturated rings. The second-order valence-electron chi connectivity index (χ2n) is 8.18. The van der Waals surface area contributed by atoms with Gasteiger partial charge in [-0.1, -0.05) is 0 Å². The smallest absolute Gasteiger partial charge is 0.340 e. The number of rotatable bonds is 3. The van der Waals surface area contributed by atoms with Gasteiger partial charge in [-0.25, -0.2) is 9.18 Å². The molecule has 5 nitrogen and oxygen atoms in total. The maximum Gasteiger partial charge on any atom is 0.340 e. The quantitative estimate of drug-likeness (QED) is 0.774. The van der Waals surface area contributed by atoms with Crippen LogP contribution in [0.1, 0.15) is 48.5 Å². The molecule has 1 aromatic heterocycles. The Morgan fingerprint density at radius 2 is 1.96 bits per heavy atom. The first kappa shape index (κ1) is 17.2. The largest absolute Gasteiger partial charge is 0.459 e. The Balaban J connectivity index is 1.43. The van der Waals surface area contributed by atoms with Crippen molar-refractivity contribution in [1.29, 1.82) is 0 Å². The molecule has 0 aliphatic carbocycles. The summed E-state index contributed by atoms with van der Waals surface area (Å²) in [6.45, 7) is 1.33. The van der Waals surface area contributed by atoms with Gasteiger partial charge in [-0.05, 0) is 44.5 Å². The average molecular weight is 372 g/mol. The van der Waals surface area contributed by atoms with Crippen LogP contribution in [0.2, 0.25) is 0 Å². The zero-order chi connectivity index (χ0) is 18.5. The highest BCUT2D eigenvalue weighted by atomic mass is 19.1. The van der Waals surface area contributed by atoms with Crippen LogP contribution in [0.15, 0.2) is 24.4 Å². The normalized spacial score (nSPS) is 30.9. The monoisotopic (exact) mass is 372 g/mol. The van der Waals surface area contributed by atoms with Crippen LogP contribution in [0.25, 0.3) is 10.9 Å². The number of esters is 1. The van der Waals surface area contributed by atoms with Gasteiger partial charge in [0, 0.05) is 48.6 Å². The van der Waals surface area contributed by atoms with Gasteiger partial charge in [0.1, 0.15) is 11.9 Å². The van der Waals surface area contributed by atoms with E-state index in [0.717, 1.165) is 24.8 Å². The molecule has 2 bridgehead atoms. The molecule has 1 aromatic carbocycles. The van der Waals surface area contributed by atoms with E-state index in [1.54, 1.807) is 6.07 Å². The third kappa shape index (κ3) is 2.95. The minimum Gasteiger partial charge on any atom is -0.459 e. The topological polar surface area (TPSA) is 43.7 Å². The van der Waals surface area contributed by atoms with E-state index in [-0.39, 0.29) is 23.9 Å². The lowest BCUT2D eigenvalue weighted by Gasteiger charge is -2.35. The molecule has 3 aliphatic heterocycles. The van der Waals surface area contributed by atoms with E-state index in [1.165, 1.54) is 25.0 Å². The summed E-state index contributed by atoms with van der Waals surface area (Å²) in [6.07, 6.45) is 6.82. The highest BCUT2D eigenvalue weighted by molar-refractivity contribution is 6.04. The number of piperidine rings is 1. The van der Waals surface area contributed by atoms with Gasteiger partial charge in [0.05, 0.1) is 18.2 Å².